The number of hydrogen-bond donors (Lipinski definition) is 2. The number of carboxylic acids is 1. The second-order valence-electron chi connectivity index (χ2n) is 6.55. The number of nitrogens with one attached hydrogen (secondary N) is 1. The van der Waals surface area contributed by atoms with Crippen LogP contribution in [0.3, 0.4) is 0 Å². The highest BCUT2D eigenvalue weighted by Crippen LogP contribution is 2.41. The maximum atomic E-state index is 12.4. The quantitative estimate of drug-likeness (QED) is 0.723. The van der Waals surface area contributed by atoms with Crippen LogP contribution in [0.2, 0.25) is 0 Å². The summed E-state index contributed by atoms with van der Waals surface area (Å²) >= 11 is 0. The molecular formula is C16H26N2O4. The van der Waals surface area contributed by atoms with Gasteiger partial charge in [0.15, 0.2) is 0 Å². The third kappa shape index (κ3) is 3.78. The summed E-state index contributed by atoms with van der Waals surface area (Å²) in [4.78, 5) is 37.3. The van der Waals surface area contributed by atoms with Crippen LogP contribution in [0.15, 0.2) is 0 Å². The minimum absolute atomic E-state index is 0.0173. The highest BCUT2D eigenvalue weighted by atomic mass is 16.4. The lowest BCUT2D eigenvalue weighted by Gasteiger charge is -2.37. The summed E-state index contributed by atoms with van der Waals surface area (Å²) in [5, 5.41) is 11.9. The zero-order valence-corrected chi connectivity index (χ0v) is 13.4. The van der Waals surface area contributed by atoms with E-state index in [9.17, 15) is 14.4 Å². The summed E-state index contributed by atoms with van der Waals surface area (Å²) < 4.78 is 0. The lowest BCUT2D eigenvalue weighted by Crippen LogP contribution is -2.50. The van der Waals surface area contributed by atoms with Crippen molar-refractivity contribution in [3.63, 3.8) is 0 Å². The van der Waals surface area contributed by atoms with Crippen LogP contribution in [0.1, 0.15) is 46.0 Å². The maximum Gasteiger partial charge on any atom is 0.307 e. The van der Waals surface area contributed by atoms with Gasteiger partial charge < -0.3 is 15.3 Å². The standard InChI is InChI=1S/C16H26N2O4/c1-3-4-7-17-14(19)11-6-5-10(2)18(9-11)15(20)12-8-13(12)16(21)22/h10-13H,3-9H2,1-2H3,(H,17,19)(H,21,22). The number of piperidine rings is 1. The molecule has 0 aromatic heterocycles. The van der Waals surface area contributed by atoms with E-state index in [0.29, 0.717) is 19.5 Å². The van der Waals surface area contributed by atoms with Crippen molar-refractivity contribution in [3.05, 3.63) is 0 Å². The second kappa shape index (κ2) is 7.11. The van der Waals surface area contributed by atoms with Gasteiger partial charge in [0.2, 0.25) is 11.8 Å². The SMILES string of the molecule is CCCCNC(=O)C1CCC(C)N(C(=O)C2CC2C(=O)O)C1. The van der Waals surface area contributed by atoms with Crippen molar-refractivity contribution in [1.29, 1.82) is 0 Å². The number of carbonyl (C=O) groups excluding carboxylic acids is 2. The molecule has 2 amide bonds. The lowest BCUT2D eigenvalue weighted by molar-refractivity contribution is -0.144. The molecule has 1 heterocycles. The van der Waals surface area contributed by atoms with Gasteiger partial charge in [0.05, 0.1) is 17.8 Å². The number of carboxylic acid groups (broad SMARTS) is 1. The molecule has 2 N–H and O–H groups in total. The molecule has 4 unspecified atom stereocenters. The molecule has 124 valence electrons. The largest absolute Gasteiger partial charge is 0.481 e. The third-order valence-electron chi connectivity index (χ3n) is 4.79. The van der Waals surface area contributed by atoms with E-state index in [0.717, 1.165) is 25.7 Å². The van der Waals surface area contributed by atoms with Gasteiger partial charge in [0, 0.05) is 19.1 Å². The molecule has 1 saturated carbocycles. The van der Waals surface area contributed by atoms with E-state index in [1.807, 2.05) is 6.92 Å². The summed E-state index contributed by atoms with van der Waals surface area (Å²) in [7, 11) is 0. The minimum atomic E-state index is -0.892. The Hall–Kier alpha value is -1.59. The first-order valence-corrected chi connectivity index (χ1v) is 8.26. The van der Waals surface area contributed by atoms with Crippen LogP contribution >= 0.6 is 0 Å². The van der Waals surface area contributed by atoms with Crippen LogP contribution in [-0.4, -0.2) is 46.9 Å². The van der Waals surface area contributed by atoms with Crippen molar-refractivity contribution in [1.82, 2.24) is 10.2 Å². The van der Waals surface area contributed by atoms with Crippen LogP contribution in [0.4, 0.5) is 0 Å². The molecule has 0 spiro atoms. The topological polar surface area (TPSA) is 86.7 Å². The average Bonchev–Trinajstić information content (AvgIpc) is 3.28. The van der Waals surface area contributed by atoms with Crippen LogP contribution in [-0.2, 0) is 14.4 Å². The molecule has 0 aromatic carbocycles. The Balaban J connectivity index is 1.89. The van der Waals surface area contributed by atoms with Crippen molar-refractivity contribution in [2.24, 2.45) is 17.8 Å². The molecule has 0 aromatic rings. The summed E-state index contributed by atoms with van der Waals surface area (Å²) in [5.74, 6) is -2.05. The van der Waals surface area contributed by atoms with Gasteiger partial charge in [-0.15, -0.1) is 0 Å². The van der Waals surface area contributed by atoms with Gasteiger partial charge in [-0.1, -0.05) is 13.3 Å². The number of unbranched alkanes of at least 4 members (excludes halogenated alkanes) is 1. The molecule has 6 heteroatoms. The number of hydrogen-bond acceptors (Lipinski definition) is 3. The highest BCUT2D eigenvalue weighted by Gasteiger charge is 2.51. The molecule has 6 nitrogen and oxygen atoms in total. The Morgan fingerprint density at radius 3 is 2.55 bits per heavy atom. The molecule has 2 rings (SSSR count). The summed E-state index contributed by atoms with van der Waals surface area (Å²) in [6.07, 6.45) is 4.01. The van der Waals surface area contributed by atoms with Gasteiger partial charge in [-0.05, 0) is 32.6 Å². The first-order valence-electron chi connectivity index (χ1n) is 8.26. The molecule has 1 saturated heterocycles. The Morgan fingerprint density at radius 1 is 1.23 bits per heavy atom. The number of nitrogens with zero attached hydrogens (tertiary/aromatic N) is 1. The van der Waals surface area contributed by atoms with E-state index >= 15 is 0 Å². The van der Waals surface area contributed by atoms with E-state index in [1.165, 1.54) is 0 Å². The average molecular weight is 310 g/mol. The Bertz CT molecular complexity index is 451. The molecule has 1 aliphatic carbocycles. The fourth-order valence-electron chi connectivity index (χ4n) is 3.11. The van der Waals surface area contributed by atoms with E-state index < -0.39 is 11.9 Å². The molecule has 2 fully saturated rings. The smallest absolute Gasteiger partial charge is 0.307 e. The predicted molar refractivity (Wildman–Crippen MR) is 81.0 cm³/mol. The van der Waals surface area contributed by atoms with Gasteiger partial charge in [-0.25, -0.2) is 0 Å². The fraction of sp³-hybridized carbons (Fsp3) is 0.812. The van der Waals surface area contributed by atoms with Crippen molar-refractivity contribution in [3.8, 4) is 0 Å². The molecule has 22 heavy (non-hydrogen) atoms. The molecular weight excluding hydrogens is 284 g/mol. The molecule has 2 aliphatic rings. The molecule has 0 radical (unpaired) electrons. The number of carbonyl (C=O) groups is 3. The number of amides is 2. The highest BCUT2D eigenvalue weighted by molar-refractivity contribution is 5.90. The molecule has 1 aliphatic heterocycles. The van der Waals surface area contributed by atoms with Gasteiger partial charge in [-0.3, -0.25) is 14.4 Å². The third-order valence-corrected chi connectivity index (χ3v) is 4.79. The fourth-order valence-corrected chi connectivity index (χ4v) is 3.11. The van der Waals surface area contributed by atoms with E-state index in [2.05, 4.69) is 12.2 Å². The number of aliphatic carboxylic acids is 1. The number of likely N-dealkylation sites (tertiary alicyclic amines) is 1. The van der Waals surface area contributed by atoms with Crippen molar-refractivity contribution < 1.29 is 19.5 Å². The Labute approximate surface area is 131 Å². The second-order valence-corrected chi connectivity index (χ2v) is 6.55. The van der Waals surface area contributed by atoms with Crippen molar-refractivity contribution in [2.45, 2.75) is 52.0 Å². The van der Waals surface area contributed by atoms with E-state index in [4.69, 9.17) is 5.11 Å². The Morgan fingerprint density at radius 2 is 1.95 bits per heavy atom. The lowest BCUT2D eigenvalue weighted by atomic mass is 9.92. The van der Waals surface area contributed by atoms with Crippen LogP contribution in [0.5, 0.6) is 0 Å². The van der Waals surface area contributed by atoms with Crippen LogP contribution in [0, 0.1) is 17.8 Å². The zero-order chi connectivity index (χ0) is 16.3. The minimum Gasteiger partial charge on any atom is -0.481 e. The normalized spacial score (nSPS) is 30.7. The maximum absolute atomic E-state index is 12.4. The number of rotatable bonds is 6. The van der Waals surface area contributed by atoms with E-state index in [1.54, 1.807) is 4.90 Å². The summed E-state index contributed by atoms with van der Waals surface area (Å²) in [5.41, 5.74) is 0. The van der Waals surface area contributed by atoms with Gasteiger partial charge in [0.25, 0.3) is 0 Å². The zero-order valence-electron chi connectivity index (χ0n) is 13.4. The first kappa shape index (κ1) is 16.8. The Kier molecular flexibility index (Phi) is 5.42. The summed E-state index contributed by atoms with van der Waals surface area (Å²) in [6, 6.07) is 0.0854. The van der Waals surface area contributed by atoms with Crippen LogP contribution < -0.4 is 5.32 Å². The van der Waals surface area contributed by atoms with Crippen molar-refractivity contribution >= 4 is 17.8 Å². The van der Waals surface area contributed by atoms with E-state index in [-0.39, 0.29) is 29.7 Å². The predicted octanol–water partition coefficient (Wildman–Crippen LogP) is 1.25. The molecule has 4 atom stereocenters. The van der Waals surface area contributed by atoms with Crippen LogP contribution in [0.25, 0.3) is 0 Å². The van der Waals surface area contributed by atoms with Gasteiger partial charge in [0.1, 0.15) is 0 Å². The van der Waals surface area contributed by atoms with Crippen molar-refractivity contribution in [2.75, 3.05) is 13.1 Å². The van der Waals surface area contributed by atoms with Gasteiger partial charge >= 0.3 is 5.97 Å². The monoisotopic (exact) mass is 310 g/mol. The first-order chi connectivity index (χ1) is 10.5. The summed E-state index contributed by atoms with van der Waals surface area (Å²) in [6.45, 7) is 5.14. The van der Waals surface area contributed by atoms with Gasteiger partial charge in [-0.2, -0.15) is 0 Å². The molecule has 0 bridgehead atoms.